The number of fused-ring (bicyclic) bond motifs is 1. The fourth-order valence-electron chi connectivity index (χ4n) is 3.44. The number of aryl methyl sites for hydroxylation is 2. The number of hydrogen-bond acceptors (Lipinski definition) is 4. The topological polar surface area (TPSA) is 81.1 Å². The lowest BCUT2D eigenvalue weighted by molar-refractivity contribution is -0.116. The summed E-state index contributed by atoms with van der Waals surface area (Å²) in [6, 6.07) is 17.5. The van der Waals surface area contributed by atoms with Gasteiger partial charge < -0.3 is 5.32 Å². The average Bonchev–Trinajstić information content (AvgIpc) is 3.14. The van der Waals surface area contributed by atoms with Crippen LogP contribution in [-0.4, -0.2) is 24.1 Å². The number of benzene rings is 2. The van der Waals surface area contributed by atoms with E-state index in [1.165, 1.54) is 0 Å². The molecule has 1 N–H and O–H groups in total. The maximum atomic E-state index is 12.6. The molecule has 0 aliphatic carbocycles. The van der Waals surface area contributed by atoms with Crippen LogP contribution in [0.2, 0.25) is 0 Å². The third-order valence-corrected chi connectivity index (χ3v) is 6.31. The van der Waals surface area contributed by atoms with Gasteiger partial charge in [0.1, 0.15) is 5.82 Å². The molecule has 6 nitrogen and oxygen atoms in total. The van der Waals surface area contributed by atoms with Crippen molar-refractivity contribution in [1.82, 2.24) is 9.78 Å². The van der Waals surface area contributed by atoms with Crippen molar-refractivity contribution in [3.8, 4) is 5.69 Å². The molecule has 7 heteroatoms. The Morgan fingerprint density at radius 2 is 1.79 bits per heavy atom. The van der Waals surface area contributed by atoms with Crippen LogP contribution in [-0.2, 0) is 32.6 Å². The number of nitrogens with one attached hydrogen (secondary N) is 1. The summed E-state index contributed by atoms with van der Waals surface area (Å²) in [5.74, 6) is 0.116. The second-order valence-corrected chi connectivity index (χ2v) is 9.10. The largest absolute Gasteiger partial charge is 0.310 e. The molecule has 0 fully saturated rings. The first-order valence-electron chi connectivity index (χ1n) is 9.14. The summed E-state index contributed by atoms with van der Waals surface area (Å²) < 4.78 is 25.8. The minimum absolute atomic E-state index is 0.0892. The lowest BCUT2D eigenvalue weighted by Crippen LogP contribution is -2.17. The summed E-state index contributed by atoms with van der Waals surface area (Å²) in [5.41, 5.74) is 4.01. The van der Waals surface area contributed by atoms with Gasteiger partial charge in [0.2, 0.25) is 5.91 Å². The number of rotatable bonds is 5. The summed E-state index contributed by atoms with van der Waals surface area (Å²) >= 11 is 0. The molecule has 4 rings (SSSR count). The van der Waals surface area contributed by atoms with Crippen molar-refractivity contribution in [2.75, 3.05) is 5.32 Å². The number of carbonyl (C=O) groups excluding carboxylic acids is 1. The molecule has 1 aliphatic heterocycles. The van der Waals surface area contributed by atoms with Crippen LogP contribution < -0.4 is 5.32 Å². The molecule has 0 unspecified atom stereocenters. The molecule has 0 bridgehead atoms. The van der Waals surface area contributed by atoms with Gasteiger partial charge >= 0.3 is 0 Å². The Bertz CT molecular complexity index is 1130. The Labute approximate surface area is 164 Å². The van der Waals surface area contributed by atoms with Crippen LogP contribution in [0, 0.1) is 6.92 Å². The number of nitrogens with zero attached hydrogens (tertiary/aromatic N) is 2. The Balaban J connectivity index is 1.63. The third-order valence-electron chi connectivity index (χ3n) is 4.87. The molecule has 3 aromatic rings. The van der Waals surface area contributed by atoms with Crippen LogP contribution in [0.3, 0.4) is 0 Å². The van der Waals surface area contributed by atoms with E-state index in [1.807, 2.05) is 61.5 Å². The fourth-order valence-corrected chi connectivity index (χ4v) is 4.94. The van der Waals surface area contributed by atoms with E-state index < -0.39 is 9.84 Å². The van der Waals surface area contributed by atoms with Gasteiger partial charge in [-0.25, -0.2) is 13.1 Å². The van der Waals surface area contributed by atoms with Gasteiger partial charge in [0.05, 0.1) is 22.9 Å². The normalized spacial score (nSPS) is 14.6. The van der Waals surface area contributed by atoms with Gasteiger partial charge in [0.25, 0.3) is 0 Å². The monoisotopic (exact) mass is 395 g/mol. The highest BCUT2D eigenvalue weighted by molar-refractivity contribution is 7.90. The maximum absolute atomic E-state index is 12.6. The Morgan fingerprint density at radius 1 is 1.07 bits per heavy atom. The molecule has 0 saturated heterocycles. The number of hydrogen-bond donors (Lipinski definition) is 1. The van der Waals surface area contributed by atoms with Gasteiger partial charge in [-0.05, 0) is 30.5 Å². The van der Waals surface area contributed by atoms with Gasteiger partial charge in [-0.2, -0.15) is 5.10 Å². The zero-order valence-corrected chi connectivity index (χ0v) is 16.4. The van der Waals surface area contributed by atoms with Gasteiger partial charge in [0, 0.05) is 12.0 Å². The molecular formula is C21H21N3O3S. The summed E-state index contributed by atoms with van der Waals surface area (Å²) in [5, 5.41) is 7.43. The summed E-state index contributed by atoms with van der Waals surface area (Å²) in [4.78, 5) is 12.6. The van der Waals surface area contributed by atoms with E-state index in [4.69, 9.17) is 0 Å². The molecule has 1 aliphatic rings. The van der Waals surface area contributed by atoms with Crippen molar-refractivity contribution >= 4 is 21.6 Å². The van der Waals surface area contributed by atoms with Gasteiger partial charge in [0.15, 0.2) is 9.84 Å². The zero-order valence-electron chi connectivity index (χ0n) is 15.6. The van der Waals surface area contributed by atoms with Crippen LogP contribution in [0.25, 0.3) is 5.69 Å². The van der Waals surface area contributed by atoms with E-state index in [2.05, 4.69) is 10.4 Å². The molecule has 1 aromatic heterocycles. The minimum atomic E-state index is -3.21. The highest BCUT2D eigenvalue weighted by atomic mass is 32.2. The first-order chi connectivity index (χ1) is 13.4. The fraction of sp³-hybridized carbons (Fsp3) is 0.238. The predicted molar refractivity (Wildman–Crippen MR) is 108 cm³/mol. The van der Waals surface area contributed by atoms with Crippen LogP contribution in [0.1, 0.15) is 28.8 Å². The standard InChI is InChI=1S/C21H21N3O3S/c1-15-7-5-6-10-19(15)24-21(17-13-28(26,27)14-18(17)23-24)22-20(25)12-11-16-8-3-2-4-9-16/h2-10H,11-14H2,1H3,(H,22,25). The van der Waals surface area contributed by atoms with E-state index in [9.17, 15) is 13.2 Å². The van der Waals surface area contributed by atoms with Gasteiger partial charge in [-0.15, -0.1) is 0 Å². The van der Waals surface area contributed by atoms with Crippen molar-refractivity contribution in [1.29, 1.82) is 0 Å². The number of aromatic nitrogens is 2. The Hall–Kier alpha value is -2.93. The van der Waals surface area contributed by atoms with Gasteiger partial charge in [-0.1, -0.05) is 48.5 Å². The molecule has 1 amide bonds. The minimum Gasteiger partial charge on any atom is -0.310 e. The second-order valence-electron chi connectivity index (χ2n) is 7.04. The van der Waals surface area contributed by atoms with E-state index in [-0.39, 0.29) is 17.4 Å². The Kier molecular flexibility index (Phi) is 4.77. The first-order valence-corrected chi connectivity index (χ1v) is 11.0. The van der Waals surface area contributed by atoms with E-state index in [1.54, 1.807) is 4.68 Å². The molecule has 144 valence electrons. The number of anilines is 1. The molecule has 28 heavy (non-hydrogen) atoms. The average molecular weight is 395 g/mol. The Morgan fingerprint density at radius 3 is 2.54 bits per heavy atom. The lowest BCUT2D eigenvalue weighted by Gasteiger charge is -2.13. The SMILES string of the molecule is Cc1ccccc1-n1nc2c(c1NC(=O)CCc1ccccc1)CS(=O)(=O)C2. The quantitative estimate of drug-likeness (QED) is 0.719. The number of para-hydroxylation sites is 1. The summed E-state index contributed by atoms with van der Waals surface area (Å²) in [7, 11) is -3.21. The highest BCUT2D eigenvalue weighted by Gasteiger charge is 2.33. The third kappa shape index (κ3) is 3.71. The lowest BCUT2D eigenvalue weighted by atomic mass is 10.1. The van der Waals surface area contributed by atoms with Crippen LogP contribution in [0.15, 0.2) is 54.6 Å². The smallest absolute Gasteiger partial charge is 0.225 e. The molecule has 0 radical (unpaired) electrons. The zero-order chi connectivity index (χ0) is 19.7. The van der Waals surface area contributed by atoms with Crippen molar-refractivity contribution in [3.05, 3.63) is 77.0 Å². The predicted octanol–water partition coefficient (Wildman–Crippen LogP) is 3.18. The molecule has 0 spiro atoms. The van der Waals surface area contributed by atoms with Crippen LogP contribution in [0.4, 0.5) is 5.82 Å². The molecule has 0 saturated carbocycles. The maximum Gasteiger partial charge on any atom is 0.225 e. The number of carbonyl (C=O) groups is 1. The number of sulfone groups is 1. The van der Waals surface area contributed by atoms with E-state index >= 15 is 0 Å². The first kappa shape index (κ1) is 18.4. The second kappa shape index (κ2) is 7.24. The molecule has 0 atom stereocenters. The van der Waals surface area contributed by atoms with Crippen molar-refractivity contribution in [2.24, 2.45) is 0 Å². The molecule has 2 aromatic carbocycles. The van der Waals surface area contributed by atoms with Crippen LogP contribution in [0.5, 0.6) is 0 Å². The van der Waals surface area contributed by atoms with E-state index in [0.29, 0.717) is 29.9 Å². The van der Waals surface area contributed by atoms with Crippen molar-refractivity contribution in [3.63, 3.8) is 0 Å². The molecular weight excluding hydrogens is 374 g/mol. The molecule has 2 heterocycles. The summed E-state index contributed by atoms with van der Waals surface area (Å²) in [6.07, 6.45) is 0.927. The van der Waals surface area contributed by atoms with Crippen molar-refractivity contribution in [2.45, 2.75) is 31.3 Å². The van der Waals surface area contributed by atoms with Gasteiger partial charge in [-0.3, -0.25) is 4.79 Å². The van der Waals surface area contributed by atoms with Crippen LogP contribution >= 0.6 is 0 Å². The van der Waals surface area contributed by atoms with E-state index in [0.717, 1.165) is 16.8 Å². The highest BCUT2D eigenvalue weighted by Crippen LogP contribution is 2.33. The summed E-state index contributed by atoms with van der Waals surface area (Å²) in [6.45, 7) is 1.96. The van der Waals surface area contributed by atoms with Crippen molar-refractivity contribution < 1.29 is 13.2 Å². The number of amides is 1.